The molecule has 0 aliphatic carbocycles. The van der Waals surface area contributed by atoms with E-state index in [9.17, 15) is 10.1 Å². The third kappa shape index (κ3) is 2.51. The van der Waals surface area contributed by atoms with Crippen LogP contribution in [0.1, 0.15) is 25.8 Å². The molecule has 1 fully saturated rings. The van der Waals surface area contributed by atoms with Crippen LogP contribution in [0, 0.1) is 21.4 Å². The lowest BCUT2D eigenvalue weighted by molar-refractivity contribution is -0.384. The Bertz CT molecular complexity index is 553. The zero-order valence-electron chi connectivity index (χ0n) is 10.8. The summed E-state index contributed by atoms with van der Waals surface area (Å²) in [5, 5.41) is 23.1. The van der Waals surface area contributed by atoms with Gasteiger partial charge >= 0.3 is 0 Å². The number of hydrogen-bond donors (Lipinski definition) is 1. The Kier molecular flexibility index (Phi) is 3.40. The van der Waals surface area contributed by atoms with Crippen LogP contribution in [-0.2, 0) is 4.74 Å². The summed E-state index contributed by atoms with van der Waals surface area (Å²) < 4.78 is 5.50. The average Bonchev–Trinajstić information content (AvgIpc) is 2.69. The molecule has 0 amide bonds. The third-order valence-electron chi connectivity index (χ3n) is 3.63. The van der Waals surface area contributed by atoms with Crippen LogP contribution in [0.25, 0.3) is 0 Å². The minimum atomic E-state index is -0.479. The lowest BCUT2D eigenvalue weighted by Gasteiger charge is -2.29. The van der Waals surface area contributed by atoms with Crippen molar-refractivity contribution in [3.63, 3.8) is 0 Å². The molecule has 0 radical (unpaired) electrons. The second-order valence-corrected chi connectivity index (χ2v) is 4.91. The van der Waals surface area contributed by atoms with Crippen LogP contribution in [0.15, 0.2) is 18.2 Å². The van der Waals surface area contributed by atoms with E-state index in [-0.39, 0.29) is 22.9 Å². The highest BCUT2D eigenvalue weighted by atomic mass is 16.6. The minimum absolute atomic E-state index is 0.0252. The van der Waals surface area contributed by atoms with E-state index in [2.05, 4.69) is 5.32 Å². The molecular weight excluding hydrogens is 246 g/mol. The van der Waals surface area contributed by atoms with Crippen LogP contribution < -0.4 is 5.32 Å². The van der Waals surface area contributed by atoms with Crippen molar-refractivity contribution in [2.75, 3.05) is 11.9 Å². The smallest absolute Gasteiger partial charge is 0.293 e. The van der Waals surface area contributed by atoms with E-state index in [4.69, 9.17) is 10.00 Å². The van der Waals surface area contributed by atoms with Crippen molar-refractivity contribution in [3.05, 3.63) is 33.9 Å². The molecule has 0 unspecified atom stereocenters. The van der Waals surface area contributed by atoms with E-state index in [0.29, 0.717) is 12.3 Å². The molecule has 1 aliphatic rings. The molecule has 1 aliphatic heterocycles. The van der Waals surface area contributed by atoms with Gasteiger partial charge in [-0.2, -0.15) is 5.26 Å². The fourth-order valence-corrected chi connectivity index (χ4v) is 2.16. The summed E-state index contributed by atoms with van der Waals surface area (Å²) >= 11 is 0. The molecule has 1 aromatic carbocycles. The van der Waals surface area contributed by atoms with E-state index < -0.39 is 4.92 Å². The van der Waals surface area contributed by atoms with Gasteiger partial charge in [0.2, 0.25) is 0 Å². The third-order valence-corrected chi connectivity index (χ3v) is 3.63. The molecule has 19 heavy (non-hydrogen) atoms. The van der Waals surface area contributed by atoms with Gasteiger partial charge in [0.15, 0.2) is 0 Å². The Labute approximate surface area is 111 Å². The largest absolute Gasteiger partial charge is 0.376 e. The normalized spacial score (nSPS) is 25.8. The van der Waals surface area contributed by atoms with E-state index in [1.54, 1.807) is 12.1 Å². The maximum atomic E-state index is 11.1. The van der Waals surface area contributed by atoms with Crippen LogP contribution in [0.4, 0.5) is 11.4 Å². The van der Waals surface area contributed by atoms with Gasteiger partial charge in [-0.25, -0.2) is 0 Å². The van der Waals surface area contributed by atoms with Gasteiger partial charge in [-0.05, 0) is 32.4 Å². The Balaban J connectivity index is 2.35. The first kappa shape index (κ1) is 13.3. The van der Waals surface area contributed by atoms with E-state index in [1.165, 1.54) is 6.07 Å². The predicted octanol–water partition coefficient (Wildman–Crippen LogP) is 2.45. The second-order valence-electron chi connectivity index (χ2n) is 4.91. The van der Waals surface area contributed by atoms with Gasteiger partial charge in [-0.15, -0.1) is 0 Å². The molecular formula is C13H15N3O3. The van der Waals surface area contributed by atoms with Crippen LogP contribution in [-0.4, -0.2) is 23.2 Å². The first-order chi connectivity index (χ1) is 8.96. The first-order valence-corrected chi connectivity index (χ1v) is 6.04. The van der Waals surface area contributed by atoms with Crippen molar-refractivity contribution in [1.29, 1.82) is 5.26 Å². The number of ether oxygens (including phenoxy) is 1. The Morgan fingerprint density at radius 3 is 2.89 bits per heavy atom. The molecule has 100 valence electrons. The predicted molar refractivity (Wildman–Crippen MR) is 69.9 cm³/mol. The fourth-order valence-electron chi connectivity index (χ4n) is 2.16. The number of anilines is 1. The molecule has 0 saturated carbocycles. The Hall–Kier alpha value is -2.13. The van der Waals surface area contributed by atoms with Crippen molar-refractivity contribution in [3.8, 4) is 6.07 Å². The Morgan fingerprint density at radius 1 is 1.63 bits per heavy atom. The molecule has 1 heterocycles. The highest BCUT2D eigenvalue weighted by Crippen LogP contribution is 2.34. The number of nitro groups is 1. The van der Waals surface area contributed by atoms with E-state index in [0.717, 1.165) is 6.42 Å². The summed E-state index contributed by atoms with van der Waals surface area (Å²) in [6, 6.07) is 6.33. The maximum Gasteiger partial charge on any atom is 0.293 e. The van der Waals surface area contributed by atoms with Crippen molar-refractivity contribution in [2.24, 2.45) is 0 Å². The van der Waals surface area contributed by atoms with Crippen molar-refractivity contribution < 1.29 is 9.66 Å². The number of nitriles is 1. The van der Waals surface area contributed by atoms with Crippen LogP contribution in [0.3, 0.4) is 0 Å². The summed E-state index contributed by atoms with van der Waals surface area (Å²) in [5.74, 6) is 0. The zero-order valence-corrected chi connectivity index (χ0v) is 10.8. The van der Waals surface area contributed by atoms with Gasteiger partial charge in [-0.3, -0.25) is 10.1 Å². The zero-order chi connectivity index (χ0) is 14.0. The van der Waals surface area contributed by atoms with Crippen molar-refractivity contribution in [2.45, 2.75) is 31.9 Å². The number of hydrogen-bond acceptors (Lipinski definition) is 5. The van der Waals surface area contributed by atoms with Gasteiger partial charge in [0.05, 0.1) is 28.2 Å². The molecule has 6 nitrogen and oxygen atoms in total. The fraction of sp³-hybridized carbons (Fsp3) is 0.462. The van der Waals surface area contributed by atoms with Crippen LogP contribution in [0.2, 0.25) is 0 Å². The summed E-state index contributed by atoms with van der Waals surface area (Å²) in [7, 11) is 0. The SMILES string of the molecule is C[C@@H]1OCC[C@]1(C)Nc1ccc(C#N)cc1[N+](=O)[O-]. The molecule has 6 heteroatoms. The molecule has 1 N–H and O–H groups in total. The molecule has 0 bridgehead atoms. The number of nitro benzene ring substituents is 1. The summed E-state index contributed by atoms with van der Waals surface area (Å²) in [5.41, 5.74) is 0.278. The summed E-state index contributed by atoms with van der Waals surface area (Å²) in [6.07, 6.45) is 0.758. The van der Waals surface area contributed by atoms with E-state index >= 15 is 0 Å². The standard InChI is InChI=1S/C13H15N3O3/c1-9-13(2,5-6-19-9)15-11-4-3-10(8-14)7-12(11)16(17)18/h3-4,7,9,15H,5-6H2,1-2H3/t9-,13-/m0/s1. The van der Waals surface area contributed by atoms with Crippen LogP contribution >= 0.6 is 0 Å². The highest BCUT2D eigenvalue weighted by molar-refractivity contribution is 5.65. The van der Waals surface area contributed by atoms with E-state index in [1.807, 2.05) is 19.9 Å². The number of nitrogens with zero attached hydrogens (tertiary/aromatic N) is 2. The molecule has 0 aromatic heterocycles. The lowest BCUT2D eigenvalue weighted by atomic mass is 9.94. The molecule has 1 saturated heterocycles. The summed E-state index contributed by atoms with van der Waals surface area (Å²) in [6.45, 7) is 4.55. The summed E-state index contributed by atoms with van der Waals surface area (Å²) in [4.78, 5) is 10.6. The topological polar surface area (TPSA) is 88.2 Å². The second kappa shape index (κ2) is 4.86. The Morgan fingerprint density at radius 2 is 2.37 bits per heavy atom. The number of rotatable bonds is 3. The molecule has 0 spiro atoms. The quantitative estimate of drug-likeness (QED) is 0.666. The van der Waals surface area contributed by atoms with Crippen molar-refractivity contribution >= 4 is 11.4 Å². The average molecular weight is 261 g/mol. The van der Waals surface area contributed by atoms with Gasteiger partial charge in [-0.1, -0.05) is 0 Å². The minimum Gasteiger partial charge on any atom is -0.376 e. The lowest BCUT2D eigenvalue weighted by Crippen LogP contribution is -2.41. The molecule has 2 rings (SSSR count). The van der Waals surface area contributed by atoms with Gasteiger partial charge in [0, 0.05) is 12.7 Å². The van der Waals surface area contributed by atoms with Crippen LogP contribution in [0.5, 0.6) is 0 Å². The molecule has 1 aromatic rings. The number of nitrogens with one attached hydrogen (secondary N) is 1. The monoisotopic (exact) mass is 261 g/mol. The number of benzene rings is 1. The van der Waals surface area contributed by atoms with Gasteiger partial charge in [0.25, 0.3) is 5.69 Å². The maximum absolute atomic E-state index is 11.1. The van der Waals surface area contributed by atoms with Crippen molar-refractivity contribution in [1.82, 2.24) is 0 Å². The molecule has 2 atom stereocenters. The van der Waals surface area contributed by atoms with Gasteiger partial charge < -0.3 is 10.1 Å². The van der Waals surface area contributed by atoms with Gasteiger partial charge in [0.1, 0.15) is 5.69 Å². The first-order valence-electron chi connectivity index (χ1n) is 6.04. The highest BCUT2D eigenvalue weighted by Gasteiger charge is 2.38.